The second kappa shape index (κ2) is 15.9. The van der Waals surface area contributed by atoms with Gasteiger partial charge in [0.25, 0.3) is 5.91 Å². The number of carbonyl (C=O) groups excluding carboxylic acids is 3. The zero-order valence-electron chi connectivity index (χ0n) is 34.3. The number of amides is 3. The van der Waals surface area contributed by atoms with Crippen LogP contribution >= 0.6 is 0 Å². The molecule has 0 bridgehead atoms. The number of piperidine rings is 3. The smallest absolute Gasteiger partial charge is 0.255 e. The van der Waals surface area contributed by atoms with E-state index in [2.05, 4.69) is 40.2 Å². The number of benzene rings is 2. The Labute approximate surface area is 351 Å². The average molecular weight is 841 g/mol. The summed E-state index contributed by atoms with van der Waals surface area (Å²) in [6.45, 7) is 9.24. The minimum absolute atomic E-state index is 0.00492. The molecule has 6 aliphatic rings. The van der Waals surface area contributed by atoms with Crippen LogP contribution in [0.4, 0.5) is 24.7 Å². The first kappa shape index (κ1) is 39.8. The van der Waals surface area contributed by atoms with Crippen molar-refractivity contribution in [2.24, 2.45) is 11.8 Å². The number of carbonyl (C=O) groups is 3. The lowest BCUT2D eigenvalue weighted by molar-refractivity contribution is -0.136. The van der Waals surface area contributed by atoms with Crippen molar-refractivity contribution in [3.63, 3.8) is 0 Å². The summed E-state index contributed by atoms with van der Waals surface area (Å²) < 4.78 is 52.5. The molecule has 7 heterocycles. The number of nitrogens with one attached hydrogen (secondary N) is 2. The van der Waals surface area contributed by atoms with Crippen molar-refractivity contribution >= 4 is 40.1 Å². The van der Waals surface area contributed by atoms with Crippen LogP contribution in [0.5, 0.6) is 5.75 Å². The van der Waals surface area contributed by atoms with Crippen LogP contribution in [0.25, 0.3) is 22.3 Å². The summed E-state index contributed by atoms with van der Waals surface area (Å²) in [4.78, 5) is 56.5. The van der Waals surface area contributed by atoms with E-state index < -0.39 is 29.8 Å². The number of nitrogens with zero attached hydrogens (tertiary/aromatic N) is 8. The van der Waals surface area contributed by atoms with Gasteiger partial charge in [0.05, 0.1) is 23.4 Å². The summed E-state index contributed by atoms with van der Waals surface area (Å²) >= 11 is 0. The molecule has 10 rings (SSSR count). The largest absolute Gasteiger partial charge is 0.484 e. The number of piperazine rings is 1. The molecule has 3 atom stereocenters. The van der Waals surface area contributed by atoms with Crippen molar-refractivity contribution < 1.29 is 32.3 Å². The number of ether oxygens (including phenoxy) is 1. The highest BCUT2D eigenvalue weighted by Gasteiger charge is 2.42. The van der Waals surface area contributed by atoms with Gasteiger partial charge in [0.15, 0.2) is 17.4 Å². The number of imide groups is 1. The molecular formula is C44H51F3N10O4. The van der Waals surface area contributed by atoms with Crippen molar-refractivity contribution in [1.29, 1.82) is 0 Å². The summed E-state index contributed by atoms with van der Waals surface area (Å²) in [7, 11) is 0. The Kier molecular flexibility index (Phi) is 10.4. The van der Waals surface area contributed by atoms with Gasteiger partial charge in [-0.2, -0.15) is 5.10 Å². The Morgan fingerprint density at radius 3 is 2.44 bits per heavy atom. The molecule has 61 heavy (non-hydrogen) atoms. The minimum Gasteiger partial charge on any atom is -0.484 e. The van der Waals surface area contributed by atoms with Gasteiger partial charge in [0.2, 0.25) is 11.8 Å². The molecule has 0 radical (unpaired) electrons. The number of likely N-dealkylation sites (tertiary alicyclic amines) is 1. The molecule has 14 nitrogen and oxygen atoms in total. The van der Waals surface area contributed by atoms with E-state index in [0.29, 0.717) is 53.7 Å². The number of aromatic nitrogens is 4. The summed E-state index contributed by atoms with van der Waals surface area (Å²) in [6, 6.07) is 7.58. The molecule has 4 aromatic rings. The van der Waals surface area contributed by atoms with Crippen LogP contribution in [0.3, 0.4) is 0 Å². The van der Waals surface area contributed by atoms with E-state index >= 15 is 8.78 Å². The number of hydrogen-bond acceptors (Lipinski definition) is 11. The first-order valence-electron chi connectivity index (χ1n) is 21.7. The molecule has 2 N–H and O–H groups in total. The van der Waals surface area contributed by atoms with E-state index in [4.69, 9.17) is 4.74 Å². The van der Waals surface area contributed by atoms with Crippen LogP contribution < -0.4 is 19.9 Å². The zero-order valence-corrected chi connectivity index (χ0v) is 34.3. The van der Waals surface area contributed by atoms with Crippen molar-refractivity contribution in [2.75, 3.05) is 75.2 Å². The Bertz CT molecular complexity index is 2360. The van der Waals surface area contributed by atoms with Crippen LogP contribution in [0.2, 0.25) is 0 Å². The first-order valence-corrected chi connectivity index (χ1v) is 21.7. The quantitative estimate of drug-likeness (QED) is 0.215. The van der Waals surface area contributed by atoms with E-state index in [9.17, 15) is 18.8 Å². The number of hydrogen-bond donors (Lipinski definition) is 2. The van der Waals surface area contributed by atoms with Gasteiger partial charge in [-0.1, -0.05) is 0 Å². The third-order valence-electron chi connectivity index (χ3n) is 13.9. The molecule has 3 amide bonds. The Hall–Kier alpha value is -5.29. The number of rotatable bonds is 10. The molecule has 322 valence electrons. The molecule has 5 aliphatic heterocycles. The van der Waals surface area contributed by atoms with Gasteiger partial charge in [0, 0.05) is 99.9 Å². The normalized spacial score (nSPS) is 25.0. The maximum atomic E-state index is 16.0. The molecule has 2 aromatic heterocycles. The molecular weight excluding hydrogens is 790 g/mol. The fourth-order valence-corrected chi connectivity index (χ4v) is 9.92. The molecule has 5 fully saturated rings. The maximum absolute atomic E-state index is 16.0. The number of halogens is 3. The molecule has 1 unspecified atom stereocenters. The van der Waals surface area contributed by atoms with E-state index in [0.717, 1.165) is 89.1 Å². The van der Waals surface area contributed by atoms with Crippen LogP contribution in [0.1, 0.15) is 67.8 Å². The Balaban J connectivity index is 0.683. The summed E-state index contributed by atoms with van der Waals surface area (Å²) in [5.41, 5.74) is 2.54. The topological polar surface area (TPSA) is 143 Å². The fraction of sp³-hybridized carbons (Fsp3) is 0.545. The van der Waals surface area contributed by atoms with Gasteiger partial charge < -0.3 is 24.3 Å². The lowest BCUT2D eigenvalue weighted by Gasteiger charge is -2.42. The fourth-order valence-electron chi connectivity index (χ4n) is 9.92. The molecule has 1 aliphatic carbocycles. The summed E-state index contributed by atoms with van der Waals surface area (Å²) in [5.74, 6) is -0.736. The summed E-state index contributed by atoms with van der Waals surface area (Å²) in [5, 5.41) is 10.4. The van der Waals surface area contributed by atoms with Crippen LogP contribution in [0, 0.1) is 23.5 Å². The SMILES string of the molecule is CC1(Oc2cc3c(-c4cc(N5CCN(C[C@@H]6CCN(CC7CCN(c8ccc9c(c8F)CN(C8CCC(=O)NC8=O)C9=O)CC7)C[C@@H]6F)CC5)ncn4)n[nH]c3cc2F)CC1. The lowest BCUT2D eigenvalue weighted by Crippen LogP contribution is -2.52. The third-order valence-corrected chi connectivity index (χ3v) is 13.9. The second-order valence-electron chi connectivity index (χ2n) is 18.1. The molecule has 17 heteroatoms. The molecule has 0 spiro atoms. The Morgan fingerprint density at radius 1 is 0.885 bits per heavy atom. The van der Waals surface area contributed by atoms with Crippen molar-refractivity contribution in [3.05, 3.63) is 59.4 Å². The first-order chi connectivity index (χ1) is 29.5. The van der Waals surface area contributed by atoms with Crippen LogP contribution in [-0.4, -0.2) is 136 Å². The maximum Gasteiger partial charge on any atom is 0.255 e. The van der Waals surface area contributed by atoms with Gasteiger partial charge in [-0.25, -0.2) is 23.1 Å². The number of H-pyrrole nitrogens is 1. The highest BCUT2D eigenvalue weighted by Crippen LogP contribution is 2.42. The van der Waals surface area contributed by atoms with Gasteiger partial charge in [-0.05, 0) is 76.1 Å². The highest BCUT2D eigenvalue weighted by molar-refractivity contribution is 6.05. The van der Waals surface area contributed by atoms with Crippen molar-refractivity contribution in [3.8, 4) is 17.1 Å². The molecule has 2 aromatic carbocycles. The van der Waals surface area contributed by atoms with Crippen molar-refractivity contribution in [1.82, 2.24) is 40.2 Å². The number of aromatic amines is 1. The van der Waals surface area contributed by atoms with E-state index in [1.54, 1.807) is 18.2 Å². The Morgan fingerprint density at radius 2 is 1.69 bits per heavy atom. The molecule has 1 saturated carbocycles. The van der Waals surface area contributed by atoms with Crippen LogP contribution in [-0.2, 0) is 16.1 Å². The number of fused-ring (bicyclic) bond motifs is 2. The average Bonchev–Trinajstić information content (AvgIpc) is 3.69. The van der Waals surface area contributed by atoms with Crippen molar-refractivity contribution in [2.45, 2.75) is 76.2 Å². The van der Waals surface area contributed by atoms with E-state index in [1.807, 2.05) is 17.9 Å². The van der Waals surface area contributed by atoms with Gasteiger partial charge in [0.1, 0.15) is 35.7 Å². The summed E-state index contributed by atoms with van der Waals surface area (Å²) in [6.07, 6.45) is 5.33. The van der Waals surface area contributed by atoms with Gasteiger partial charge in [-0.3, -0.25) is 29.7 Å². The number of alkyl halides is 1. The second-order valence-corrected chi connectivity index (χ2v) is 18.1. The zero-order chi connectivity index (χ0) is 42.0. The van der Waals surface area contributed by atoms with Crippen LogP contribution in [0.15, 0.2) is 36.7 Å². The molecule has 4 saturated heterocycles. The monoisotopic (exact) mass is 840 g/mol. The lowest BCUT2D eigenvalue weighted by atomic mass is 9.91. The standard InChI is InChI=1S/C44H51F3N10O4/c1-44(9-10-44)61-37-18-29-33(19-31(37)45)51-52-41(29)34-20-38(49-25-48-34)56-16-14-53(15-17-56)22-27-8-11-54(24-32(27)46)21-26-6-12-55(13-7-26)35-3-2-28-30(40(35)47)23-57(43(28)60)36-4-5-39(58)50-42(36)59/h2-3,18-20,25-27,32,36H,4-17,21-24H2,1H3,(H,51,52)(H,50,58,59)/t27-,32-,36?/m0/s1. The number of anilines is 2. The van der Waals surface area contributed by atoms with E-state index in [-0.39, 0.29) is 54.0 Å². The van der Waals surface area contributed by atoms with Gasteiger partial charge in [-0.15, -0.1) is 0 Å². The van der Waals surface area contributed by atoms with Gasteiger partial charge >= 0.3 is 0 Å². The van der Waals surface area contributed by atoms with E-state index in [1.165, 1.54) is 17.3 Å². The highest BCUT2D eigenvalue weighted by atomic mass is 19.1. The minimum atomic E-state index is -0.908. The third kappa shape index (κ3) is 7.90. The predicted molar refractivity (Wildman–Crippen MR) is 221 cm³/mol. The predicted octanol–water partition coefficient (Wildman–Crippen LogP) is 4.69.